The van der Waals surface area contributed by atoms with Crippen LogP contribution in [0.5, 0.6) is 0 Å². The summed E-state index contributed by atoms with van der Waals surface area (Å²) in [5.74, 6) is -1.53. The Bertz CT molecular complexity index is 1190. The molecule has 0 amide bonds. The third kappa shape index (κ3) is 4.81. The molecular formula is C30H38N4O3. The number of carboxylic acid groups (broad SMARTS) is 1. The van der Waals surface area contributed by atoms with Gasteiger partial charge in [0.05, 0.1) is 30.9 Å². The lowest BCUT2D eigenvalue weighted by Gasteiger charge is -2.42. The van der Waals surface area contributed by atoms with E-state index >= 15 is 0 Å². The quantitative estimate of drug-likeness (QED) is 0.607. The molecule has 0 spiro atoms. The summed E-state index contributed by atoms with van der Waals surface area (Å²) < 4.78 is 5.54. The van der Waals surface area contributed by atoms with Gasteiger partial charge in [-0.2, -0.15) is 5.26 Å². The highest BCUT2D eigenvalue weighted by atomic mass is 16.5. The van der Waals surface area contributed by atoms with Crippen LogP contribution in [0, 0.1) is 11.3 Å². The predicted octanol–water partition coefficient (Wildman–Crippen LogP) is 4.36. The molecule has 3 aliphatic rings. The molecule has 2 fully saturated rings. The first kappa shape index (κ1) is 25.6. The summed E-state index contributed by atoms with van der Waals surface area (Å²) in [5, 5.41) is 23.0. The number of carboxylic acids is 1. The molecule has 5 rings (SSSR count). The van der Waals surface area contributed by atoms with Gasteiger partial charge in [0, 0.05) is 49.0 Å². The summed E-state index contributed by atoms with van der Waals surface area (Å²) in [5.41, 5.74) is 5.32. The Morgan fingerprint density at radius 1 is 1.14 bits per heavy atom. The third-order valence-corrected chi connectivity index (χ3v) is 8.78. The van der Waals surface area contributed by atoms with Gasteiger partial charge in [-0.1, -0.05) is 39.0 Å². The molecular weight excluding hydrogens is 464 g/mol. The Morgan fingerprint density at radius 3 is 2.51 bits per heavy atom. The zero-order valence-electron chi connectivity index (χ0n) is 22.2. The average molecular weight is 503 g/mol. The maximum atomic E-state index is 12.5. The predicted molar refractivity (Wildman–Crippen MR) is 145 cm³/mol. The molecule has 2 aromatic carbocycles. The zero-order valence-corrected chi connectivity index (χ0v) is 22.2. The minimum Gasteiger partial charge on any atom is -0.481 e. The van der Waals surface area contributed by atoms with Crippen LogP contribution in [-0.4, -0.2) is 67.5 Å². The van der Waals surface area contributed by atoms with Crippen LogP contribution in [0.4, 0.5) is 11.4 Å². The first-order valence-corrected chi connectivity index (χ1v) is 13.6. The second-order valence-corrected chi connectivity index (χ2v) is 11.1. The smallest absolute Gasteiger partial charge is 0.313 e. The van der Waals surface area contributed by atoms with E-state index in [4.69, 9.17) is 4.74 Å². The average Bonchev–Trinajstić information content (AvgIpc) is 3.33. The Kier molecular flexibility index (Phi) is 7.15. The number of rotatable bonds is 6. The number of hydrogen-bond acceptors (Lipinski definition) is 6. The van der Waals surface area contributed by atoms with Crippen LogP contribution >= 0.6 is 0 Å². The van der Waals surface area contributed by atoms with Crippen molar-refractivity contribution in [3.63, 3.8) is 0 Å². The highest BCUT2D eigenvalue weighted by Gasteiger charge is 2.46. The summed E-state index contributed by atoms with van der Waals surface area (Å²) in [6.07, 6.45) is 3.26. The van der Waals surface area contributed by atoms with Crippen LogP contribution < -0.4 is 10.2 Å². The summed E-state index contributed by atoms with van der Waals surface area (Å²) in [6.45, 7) is 12.3. The summed E-state index contributed by atoms with van der Waals surface area (Å²) in [4.78, 5) is 17.6. The van der Waals surface area contributed by atoms with Gasteiger partial charge in [0.1, 0.15) is 5.92 Å². The summed E-state index contributed by atoms with van der Waals surface area (Å²) in [7, 11) is 0. The first-order chi connectivity index (χ1) is 17.8. The largest absolute Gasteiger partial charge is 0.481 e. The minimum atomic E-state index is -0.843. The molecule has 7 nitrogen and oxygen atoms in total. The lowest BCUT2D eigenvalue weighted by atomic mass is 9.72. The van der Waals surface area contributed by atoms with Gasteiger partial charge in [-0.15, -0.1) is 0 Å². The van der Waals surface area contributed by atoms with Crippen molar-refractivity contribution in [3.05, 3.63) is 58.7 Å². The molecule has 3 aliphatic heterocycles. The number of morpholine rings is 1. The van der Waals surface area contributed by atoms with Crippen molar-refractivity contribution in [1.29, 1.82) is 5.26 Å². The first-order valence-electron chi connectivity index (χ1n) is 13.6. The third-order valence-electron chi connectivity index (χ3n) is 8.78. The number of piperidine rings is 1. The van der Waals surface area contributed by atoms with Gasteiger partial charge in [0.25, 0.3) is 0 Å². The SMILES string of the molecule is CCc1ccc(C(C)(C)C2Nc3cc(C#N)ccc3C2C(=O)O)cc1N1CCC(N2CCOCC2)CC1. The van der Waals surface area contributed by atoms with Crippen molar-refractivity contribution in [2.24, 2.45) is 0 Å². The molecule has 2 aromatic rings. The summed E-state index contributed by atoms with van der Waals surface area (Å²) >= 11 is 0. The number of fused-ring (bicyclic) bond motifs is 1. The Hall–Kier alpha value is -3.08. The van der Waals surface area contributed by atoms with E-state index in [1.807, 2.05) is 0 Å². The molecule has 0 bridgehead atoms. The Labute approximate surface area is 220 Å². The molecule has 7 heteroatoms. The molecule has 2 unspecified atom stereocenters. The number of ether oxygens (including phenoxy) is 1. The van der Waals surface area contributed by atoms with Gasteiger partial charge in [0.2, 0.25) is 0 Å². The van der Waals surface area contributed by atoms with Gasteiger partial charge < -0.3 is 20.1 Å². The van der Waals surface area contributed by atoms with Gasteiger partial charge in [0.15, 0.2) is 0 Å². The normalized spacial score (nSPS) is 22.8. The standard InChI is InChI=1S/C30H38N4O3/c1-4-21-6-7-22(18-26(21)34-11-9-23(10-12-34)33-13-15-37-16-14-33)30(2,3)28-27(29(35)36)24-8-5-20(19-31)17-25(24)32-28/h5-8,17-18,23,27-28,32H,4,9-16H2,1-3H3,(H,35,36). The van der Waals surface area contributed by atoms with Crippen molar-refractivity contribution in [2.45, 2.75) is 63.5 Å². The van der Waals surface area contributed by atoms with Crippen molar-refractivity contribution >= 4 is 17.3 Å². The molecule has 0 radical (unpaired) electrons. The fourth-order valence-electron chi connectivity index (χ4n) is 6.48. The van der Waals surface area contributed by atoms with E-state index in [9.17, 15) is 15.2 Å². The lowest BCUT2D eigenvalue weighted by molar-refractivity contribution is -0.139. The van der Waals surface area contributed by atoms with Crippen molar-refractivity contribution in [3.8, 4) is 6.07 Å². The van der Waals surface area contributed by atoms with Gasteiger partial charge in [-0.05, 0) is 54.2 Å². The fourth-order valence-corrected chi connectivity index (χ4v) is 6.48. The molecule has 3 heterocycles. The molecule has 2 atom stereocenters. The Morgan fingerprint density at radius 2 is 1.86 bits per heavy atom. The van der Waals surface area contributed by atoms with Crippen LogP contribution in [0.3, 0.4) is 0 Å². The summed E-state index contributed by atoms with van der Waals surface area (Å²) in [6, 6.07) is 14.4. The van der Waals surface area contributed by atoms with E-state index in [1.54, 1.807) is 18.2 Å². The van der Waals surface area contributed by atoms with Gasteiger partial charge in [-0.25, -0.2) is 0 Å². The van der Waals surface area contributed by atoms with Gasteiger partial charge in [-0.3, -0.25) is 9.69 Å². The van der Waals surface area contributed by atoms with E-state index in [0.29, 0.717) is 11.6 Å². The minimum absolute atomic E-state index is 0.332. The monoisotopic (exact) mass is 502 g/mol. The molecule has 0 aliphatic carbocycles. The van der Waals surface area contributed by atoms with Gasteiger partial charge >= 0.3 is 5.97 Å². The Balaban J connectivity index is 1.40. The van der Waals surface area contributed by atoms with E-state index in [-0.39, 0.29) is 6.04 Å². The highest BCUT2D eigenvalue weighted by Crippen LogP contribution is 2.46. The maximum Gasteiger partial charge on any atom is 0.313 e. The fraction of sp³-hybridized carbons (Fsp3) is 0.533. The van der Waals surface area contributed by atoms with E-state index in [2.05, 4.69) is 60.2 Å². The van der Waals surface area contributed by atoms with E-state index < -0.39 is 17.3 Å². The molecule has 0 saturated carbocycles. The second-order valence-electron chi connectivity index (χ2n) is 11.1. The van der Waals surface area contributed by atoms with Crippen LogP contribution in [0.2, 0.25) is 0 Å². The van der Waals surface area contributed by atoms with E-state index in [1.165, 1.54) is 11.3 Å². The molecule has 0 aromatic heterocycles. The van der Waals surface area contributed by atoms with Crippen LogP contribution in [0.1, 0.15) is 61.8 Å². The van der Waals surface area contributed by atoms with Crippen LogP contribution in [-0.2, 0) is 21.4 Å². The number of nitrogens with one attached hydrogen (secondary N) is 1. The van der Waals surface area contributed by atoms with Crippen LogP contribution in [0.15, 0.2) is 36.4 Å². The molecule has 2 N–H and O–H groups in total. The van der Waals surface area contributed by atoms with Crippen LogP contribution in [0.25, 0.3) is 0 Å². The number of aliphatic carboxylic acids is 1. The number of nitriles is 1. The molecule has 2 saturated heterocycles. The number of hydrogen-bond donors (Lipinski definition) is 2. The topological polar surface area (TPSA) is 88.8 Å². The van der Waals surface area contributed by atoms with E-state index in [0.717, 1.165) is 75.5 Å². The number of nitrogens with zero attached hydrogens (tertiary/aromatic N) is 3. The zero-order chi connectivity index (χ0) is 26.2. The van der Waals surface area contributed by atoms with Crippen molar-refractivity contribution in [1.82, 2.24) is 4.90 Å². The number of aryl methyl sites for hydroxylation is 1. The number of carbonyl (C=O) groups is 1. The van der Waals surface area contributed by atoms with Crippen molar-refractivity contribution in [2.75, 3.05) is 49.6 Å². The molecule has 196 valence electrons. The number of anilines is 2. The highest BCUT2D eigenvalue weighted by molar-refractivity contribution is 5.84. The van der Waals surface area contributed by atoms with Crippen molar-refractivity contribution < 1.29 is 14.6 Å². The number of benzene rings is 2. The second kappa shape index (κ2) is 10.4. The lowest BCUT2D eigenvalue weighted by Crippen LogP contribution is -2.49. The molecule has 37 heavy (non-hydrogen) atoms. The maximum absolute atomic E-state index is 12.5.